The van der Waals surface area contributed by atoms with Crippen LogP contribution in [0.5, 0.6) is 69.0 Å². The Labute approximate surface area is 384 Å². The summed E-state index contributed by atoms with van der Waals surface area (Å²) < 4.78 is 58.4. The molecule has 7 rings (SSSR count). The summed E-state index contributed by atoms with van der Waals surface area (Å²) in [5, 5.41) is 42.3. The van der Waals surface area contributed by atoms with Crippen molar-refractivity contribution >= 4 is 0 Å². The second-order valence-corrected chi connectivity index (χ2v) is 15.5. The van der Waals surface area contributed by atoms with Crippen molar-refractivity contribution in [2.75, 3.05) is 81.3 Å². The summed E-state index contributed by atoms with van der Waals surface area (Å²) in [5.74, 6) is 3.72. The third kappa shape index (κ3) is 12.1. The minimum absolute atomic E-state index is 0.0363. The number of rotatable bonds is 12. The van der Waals surface area contributed by atoms with Gasteiger partial charge in [-0.05, 0) is 143 Å². The maximum Gasteiger partial charge on any atom is 0.161 e. The zero-order valence-electron chi connectivity index (χ0n) is 37.6. The zero-order chi connectivity index (χ0) is 46.4. The van der Waals surface area contributed by atoms with Crippen molar-refractivity contribution in [1.82, 2.24) is 0 Å². The fraction of sp³-hybridized carbons (Fsp3) is 0.308. The third-order valence-electron chi connectivity index (χ3n) is 11.0. The van der Waals surface area contributed by atoms with E-state index in [2.05, 4.69) is 0 Å². The lowest BCUT2D eigenvalue weighted by atomic mass is 9.94. The van der Waals surface area contributed by atoms with Crippen molar-refractivity contribution in [3.05, 3.63) is 142 Å². The lowest BCUT2D eigenvalue weighted by Crippen LogP contribution is -2.16. The summed E-state index contributed by atoms with van der Waals surface area (Å²) in [4.78, 5) is 0. The van der Waals surface area contributed by atoms with Gasteiger partial charge in [0, 0.05) is 0 Å². The first-order chi connectivity index (χ1) is 32.1. The van der Waals surface area contributed by atoms with Crippen LogP contribution in [0.25, 0.3) is 0 Å². The van der Waals surface area contributed by atoms with Crippen molar-refractivity contribution in [2.24, 2.45) is 0 Å². The lowest BCUT2D eigenvalue weighted by molar-refractivity contribution is 0.0639. The summed E-state index contributed by atoms with van der Waals surface area (Å²) in [6, 6.07) is 29.0. The molecule has 0 amide bonds. The molecule has 0 atom stereocenters. The first-order valence-electron chi connectivity index (χ1n) is 21.6. The molecule has 6 aromatic rings. The fourth-order valence-electron chi connectivity index (χ4n) is 7.71. The van der Waals surface area contributed by atoms with Crippen LogP contribution in [0, 0.1) is 0 Å². The molecule has 4 N–H and O–H groups in total. The van der Waals surface area contributed by atoms with Crippen molar-refractivity contribution in [2.45, 2.75) is 25.7 Å². The molecule has 0 aliphatic carbocycles. The minimum atomic E-state index is 0.0363. The highest BCUT2D eigenvalue weighted by atomic mass is 16.6. The maximum atomic E-state index is 10.6. The Balaban J connectivity index is 1.12. The molecular formula is C52H56O14. The average molecular weight is 905 g/mol. The second kappa shape index (κ2) is 22.6. The Morgan fingerprint density at radius 1 is 0.333 bits per heavy atom. The molecule has 0 bridgehead atoms. The van der Waals surface area contributed by atoms with Crippen LogP contribution >= 0.6 is 0 Å². The van der Waals surface area contributed by atoms with Crippen LogP contribution < -0.4 is 37.9 Å². The van der Waals surface area contributed by atoms with Gasteiger partial charge >= 0.3 is 0 Å². The molecule has 0 aromatic heterocycles. The first kappa shape index (κ1) is 46.8. The molecule has 1 aliphatic rings. The number of hydrogen-bond donors (Lipinski definition) is 4. The lowest BCUT2D eigenvalue weighted by Gasteiger charge is -2.20. The summed E-state index contributed by atoms with van der Waals surface area (Å²) in [6.45, 7) is 1.86. The Morgan fingerprint density at radius 3 is 0.758 bits per heavy atom. The molecule has 0 radical (unpaired) electrons. The first-order valence-corrected chi connectivity index (χ1v) is 21.6. The molecular weight excluding hydrogens is 849 g/mol. The molecule has 0 saturated carbocycles. The van der Waals surface area contributed by atoms with Crippen molar-refractivity contribution < 1.29 is 67.8 Å². The number of phenolic OH excluding ortho intramolecular Hbond substituents is 4. The van der Waals surface area contributed by atoms with Gasteiger partial charge in [0.05, 0.1) is 54.9 Å². The standard InChI is InChI=1S/C52H56O14/c1-57-45-9-5-33(25-41(45)53)21-37-29-49-50(30-38(37)22-34-6-10-46(58-2)42(54)26-34)64-18-14-62-16-20-66-52-32-40(24-36-8-12-48(60-4)44(56)28-36)39(23-35-7-11-47(59-3)43(55)27-35)31-51(52)65-19-15-61-13-17-63-49/h5-12,25-32,53-56H,13-24H2,1-4H3. The predicted octanol–water partition coefficient (Wildman–Crippen LogP) is 8.17. The van der Waals surface area contributed by atoms with Crippen molar-refractivity contribution in [3.63, 3.8) is 0 Å². The topological polar surface area (TPSA) is 173 Å². The van der Waals surface area contributed by atoms with Gasteiger partial charge in [-0.15, -0.1) is 0 Å². The summed E-state index contributed by atoms with van der Waals surface area (Å²) in [5.41, 5.74) is 7.13. The maximum absolute atomic E-state index is 10.6. The molecule has 1 heterocycles. The molecule has 0 saturated heterocycles. The Bertz CT molecular complexity index is 2220. The molecule has 14 heteroatoms. The smallest absolute Gasteiger partial charge is 0.161 e. The molecule has 0 fully saturated rings. The van der Waals surface area contributed by atoms with Crippen LogP contribution in [0.3, 0.4) is 0 Å². The van der Waals surface area contributed by atoms with E-state index >= 15 is 0 Å². The summed E-state index contributed by atoms with van der Waals surface area (Å²) in [7, 11) is 6.03. The number of ether oxygens (including phenoxy) is 10. The van der Waals surface area contributed by atoms with E-state index in [1.54, 1.807) is 48.5 Å². The molecule has 0 unspecified atom stereocenters. The van der Waals surface area contributed by atoms with E-state index in [0.717, 1.165) is 44.5 Å². The van der Waals surface area contributed by atoms with Crippen LogP contribution in [0.2, 0.25) is 0 Å². The number of aromatic hydroxyl groups is 4. The SMILES string of the molecule is COc1ccc(Cc2cc3c(cc2Cc2ccc(OC)c(O)c2)OCCOCCOc2cc(Cc4ccc(OC)c(O)c4)c(Cc4ccc(OC)c(O)c4)cc2OCCOCCO3)cc1O. The van der Waals surface area contributed by atoms with Crippen molar-refractivity contribution in [1.29, 1.82) is 0 Å². The van der Waals surface area contributed by atoms with E-state index in [1.807, 2.05) is 48.5 Å². The number of methoxy groups -OCH3 is 4. The van der Waals surface area contributed by atoms with E-state index in [9.17, 15) is 20.4 Å². The highest BCUT2D eigenvalue weighted by molar-refractivity contribution is 5.54. The Morgan fingerprint density at radius 2 is 0.561 bits per heavy atom. The predicted molar refractivity (Wildman–Crippen MR) is 246 cm³/mol. The number of phenols is 4. The summed E-state index contributed by atoms with van der Waals surface area (Å²) >= 11 is 0. The Hall–Kier alpha value is -7.16. The van der Waals surface area contributed by atoms with Gasteiger partial charge < -0.3 is 67.8 Å². The second-order valence-electron chi connectivity index (χ2n) is 15.5. The van der Waals surface area contributed by atoms with Crippen LogP contribution in [0.4, 0.5) is 0 Å². The average Bonchev–Trinajstić information content (AvgIpc) is 3.30. The minimum Gasteiger partial charge on any atom is -0.504 e. The number of benzene rings is 6. The van der Waals surface area contributed by atoms with Gasteiger partial charge in [0.15, 0.2) is 69.0 Å². The zero-order valence-corrected chi connectivity index (χ0v) is 37.6. The van der Waals surface area contributed by atoms with E-state index in [1.165, 1.54) is 28.4 Å². The molecule has 348 valence electrons. The van der Waals surface area contributed by atoms with Gasteiger partial charge in [0.1, 0.15) is 26.4 Å². The molecule has 1 aliphatic heterocycles. The quantitative estimate of drug-likeness (QED) is 0.0926. The highest BCUT2D eigenvalue weighted by Crippen LogP contribution is 2.38. The monoisotopic (exact) mass is 904 g/mol. The van der Waals surface area contributed by atoms with Gasteiger partial charge in [-0.25, -0.2) is 0 Å². The number of hydrogen-bond acceptors (Lipinski definition) is 14. The van der Waals surface area contributed by atoms with E-state index in [-0.39, 0.29) is 75.9 Å². The largest absolute Gasteiger partial charge is 0.504 e. The van der Waals surface area contributed by atoms with Crippen LogP contribution in [-0.2, 0) is 35.2 Å². The van der Waals surface area contributed by atoms with Crippen LogP contribution in [0.15, 0.2) is 97.1 Å². The number of fused-ring (bicyclic) bond motifs is 2. The van der Waals surface area contributed by atoms with Gasteiger partial charge in [-0.3, -0.25) is 0 Å². The summed E-state index contributed by atoms with van der Waals surface area (Å²) in [6.07, 6.45) is 1.84. The van der Waals surface area contributed by atoms with Gasteiger partial charge in [-0.2, -0.15) is 0 Å². The highest BCUT2D eigenvalue weighted by Gasteiger charge is 2.19. The van der Waals surface area contributed by atoms with E-state index in [4.69, 9.17) is 47.4 Å². The molecule has 6 aromatic carbocycles. The van der Waals surface area contributed by atoms with E-state index in [0.29, 0.717) is 71.7 Å². The molecule has 0 spiro atoms. The van der Waals surface area contributed by atoms with Crippen molar-refractivity contribution in [3.8, 4) is 69.0 Å². The van der Waals surface area contributed by atoms with E-state index < -0.39 is 0 Å². The van der Waals surface area contributed by atoms with Crippen LogP contribution in [0.1, 0.15) is 44.5 Å². The van der Waals surface area contributed by atoms with Gasteiger partial charge in [0.2, 0.25) is 0 Å². The molecule has 66 heavy (non-hydrogen) atoms. The fourth-order valence-corrected chi connectivity index (χ4v) is 7.71. The Kier molecular flexibility index (Phi) is 16.1. The van der Waals surface area contributed by atoms with Gasteiger partial charge in [0.25, 0.3) is 0 Å². The third-order valence-corrected chi connectivity index (χ3v) is 11.0. The van der Waals surface area contributed by atoms with Crippen LogP contribution in [-0.4, -0.2) is 102 Å². The normalized spacial score (nSPS) is 13.5. The van der Waals surface area contributed by atoms with Gasteiger partial charge in [-0.1, -0.05) is 24.3 Å². The molecule has 14 nitrogen and oxygen atoms in total.